The first kappa shape index (κ1) is 16.3. The molecule has 0 aromatic heterocycles. The van der Waals surface area contributed by atoms with Crippen LogP contribution in [0.3, 0.4) is 0 Å². The Labute approximate surface area is 112 Å². The van der Waals surface area contributed by atoms with Gasteiger partial charge in [-0.3, -0.25) is 4.79 Å². The lowest BCUT2D eigenvalue weighted by atomic mass is 9.77. The molecule has 1 saturated carbocycles. The van der Waals surface area contributed by atoms with Gasteiger partial charge in [0.25, 0.3) is 6.43 Å². The summed E-state index contributed by atoms with van der Waals surface area (Å²) in [7, 11) is 0. The molecule has 1 aliphatic rings. The van der Waals surface area contributed by atoms with Crippen molar-refractivity contribution in [1.82, 2.24) is 5.32 Å². The van der Waals surface area contributed by atoms with Crippen LogP contribution in [0.5, 0.6) is 0 Å². The highest BCUT2D eigenvalue weighted by Crippen LogP contribution is 2.31. The van der Waals surface area contributed by atoms with Crippen molar-refractivity contribution in [3.63, 3.8) is 0 Å². The van der Waals surface area contributed by atoms with Crippen molar-refractivity contribution >= 4 is 5.91 Å². The summed E-state index contributed by atoms with van der Waals surface area (Å²) in [6.45, 7) is 1.41. The second-order valence-corrected chi connectivity index (χ2v) is 5.39. The van der Waals surface area contributed by atoms with Crippen LogP contribution < -0.4 is 5.32 Å². The molecule has 19 heavy (non-hydrogen) atoms. The molecule has 0 saturated heterocycles. The number of carbonyl (C=O) groups excluding carboxylic acids is 1. The number of carbonyl (C=O) groups is 1. The third kappa shape index (κ3) is 5.82. The van der Waals surface area contributed by atoms with E-state index in [1.165, 1.54) is 0 Å². The Balaban J connectivity index is 2.29. The SMILES string of the molecule is CC1CCC(CO)(NC(=O)CCOCC(F)F)CC1. The quantitative estimate of drug-likeness (QED) is 0.698. The van der Waals surface area contributed by atoms with Crippen LogP contribution in [-0.4, -0.2) is 42.8 Å². The van der Waals surface area contributed by atoms with E-state index in [9.17, 15) is 18.7 Å². The fourth-order valence-electron chi connectivity index (χ4n) is 2.33. The van der Waals surface area contributed by atoms with Gasteiger partial charge in [-0.05, 0) is 31.6 Å². The number of nitrogens with one attached hydrogen (secondary N) is 1. The molecule has 0 aromatic rings. The van der Waals surface area contributed by atoms with Crippen LogP contribution >= 0.6 is 0 Å². The number of amides is 1. The predicted molar refractivity (Wildman–Crippen MR) is 67.0 cm³/mol. The molecule has 6 heteroatoms. The molecule has 2 N–H and O–H groups in total. The van der Waals surface area contributed by atoms with E-state index >= 15 is 0 Å². The van der Waals surface area contributed by atoms with Crippen LogP contribution in [0, 0.1) is 5.92 Å². The molecule has 0 aromatic carbocycles. The van der Waals surface area contributed by atoms with Gasteiger partial charge in [0.05, 0.1) is 18.8 Å². The third-order valence-electron chi connectivity index (χ3n) is 3.66. The summed E-state index contributed by atoms with van der Waals surface area (Å²) in [5, 5.41) is 12.3. The van der Waals surface area contributed by atoms with Gasteiger partial charge < -0.3 is 15.2 Å². The van der Waals surface area contributed by atoms with E-state index in [4.69, 9.17) is 0 Å². The van der Waals surface area contributed by atoms with Gasteiger partial charge in [-0.15, -0.1) is 0 Å². The van der Waals surface area contributed by atoms with E-state index < -0.39 is 18.6 Å². The summed E-state index contributed by atoms with van der Waals surface area (Å²) in [5.74, 6) is 0.365. The van der Waals surface area contributed by atoms with Crippen LogP contribution in [0.2, 0.25) is 0 Å². The molecular formula is C13H23F2NO3. The van der Waals surface area contributed by atoms with Gasteiger partial charge in [0.2, 0.25) is 5.91 Å². The second kappa shape index (κ2) is 7.75. The molecule has 112 valence electrons. The molecule has 4 nitrogen and oxygen atoms in total. The molecule has 0 unspecified atom stereocenters. The molecule has 1 rings (SSSR count). The topological polar surface area (TPSA) is 58.6 Å². The van der Waals surface area contributed by atoms with Gasteiger partial charge in [0.1, 0.15) is 6.61 Å². The number of rotatable bonds is 7. The fraction of sp³-hybridized carbons (Fsp3) is 0.923. The molecule has 0 heterocycles. The van der Waals surface area contributed by atoms with Gasteiger partial charge in [0.15, 0.2) is 0 Å². The van der Waals surface area contributed by atoms with Crippen molar-refractivity contribution in [1.29, 1.82) is 0 Å². The minimum absolute atomic E-state index is 0.0198. The number of halogens is 2. The number of aliphatic hydroxyl groups excluding tert-OH is 1. The first-order valence-corrected chi connectivity index (χ1v) is 6.75. The Morgan fingerprint density at radius 2 is 2.11 bits per heavy atom. The van der Waals surface area contributed by atoms with Crippen LogP contribution in [0.1, 0.15) is 39.0 Å². The maximum atomic E-state index is 11.8. The standard InChI is InChI=1S/C13H23F2NO3/c1-10-2-5-13(9-17,6-3-10)16-12(18)4-7-19-8-11(14)15/h10-11,17H,2-9H2,1H3,(H,16,18). The molecule has 0 spiro atoms. The van der Waals surface area contributed by atoms with E-state index in [0.717, 1.165) is 25.7 Å². The van der Waals surface area contributed by atoms with Crippen molar-refractivity contribution in [3.05, 3.63) is 0 Å². The second-order valence-electron chi connectivity index (χ2n) is 5.39. The lowest BCUT2D eigenvalue weighted by Crippen LogP contribution is -2.53. The molecular weight excluding hydrogens is 256 g/mol. The Bertz CT molecular complexity index is 279. The van der Waals surface area contributed by atoms with Crippen molar-refractivity contribution in [2.45, 2.75) is 51.0 Å². The maximum absolute atomic E-state index is 11.8. The van der Waals surface area contributed by atoms with Crippen LogP contribution in [-0.2, 0) is 9.53 Å². The van der Waals surface area contributed by atoms with Crippen molar-refractivity contribution in [2.24, 2.45) is 5.92 Å². The number of ether oxygens (including phenoxy) is 1. The number of hydrogen-bond donors (Lipinski definition) is 2. The highest BCUT2D eigenvalue weighted by molar-refractivity contribution is 5.76. The van der Waals surface area contributed by atoms with E-state index in [2.05, 4.69) is 17.0 Å². The molecule has 0 atom stereocenters. The Hall–Kier alpha value is -0.750. The summed E-state index contributed by atoms with van der Waals surface area (Å²) < 4.78 is 28.3. The van der Waals surface area contributed by atoms with Gasteiger partial charge in [-0.1, -0.05) is 6.92 Å². The molecule has 1 amide bonds. The molecule has 1 fully saturated rings. The van der Waals surface area contributed by atoms with Gasteiger partial charge in [-0.2, -0.15) is 0 Å². The Kier molecular flexibility index (Phi) is 6.65. The van der Waals surface area contributed by atoms with E-state index in [0.29, 0.717) is 5.92 Å². The monoisotopic (exact) mass is 279 g/mol. The normalized spacial score (nSPS) is 27.5. The molecule has 0 bridgehead atoms. The largest absolute Gasteiger partial charge is 0.394 e. The smallest absolute Gasteiger partial charge is 0.261 e. The number of alkyl halides is 2. The van der Waals surface area contributed by atoms with Crippen molar-refractivity contribution in [3.8, 4) is 0 Å². The van der Waals surface area contributed by atoms with Crippen molar-refractivity contribution in [2.75, 3.05) is 19.8 Å². The summed E-state index contributed by atoms with van der Waals surface area (Å²) in [5.41, 5.74) is -0.535. The highest BCUT2D eigenvalue weighted by Gasteiger charge is 2.34. The maximum Gasteiger partial charge on any atom is 0.261 e. The third-order valence-corrected chi connectivity index (χ3v) is 3.66. The van der Waals surface area contributed by atoms with Crippen molar-refractivity contribution < 1.29 is 23.4 Å². The number of aliphatic hydroxyl groups is 1. The van der Waals surface area contributed by atoms with E-state index in [1.54, 1.807) is 0 Å². The van der Waals surface area contributed by atoms with Gasteiger partial charge in [-0.25, -0.2) is 8.78 Å². The first-order valence-electron chi connectivity index (χ1n) is 6.75. The summed E-state index contributed by atoms with van der Waals surface area (Å²) in [4.78, 5) is 11.7. The molecule has 0 aliphatic heterocycles. The lowest BCUT2D eigenvalue weighted by molar-refractivity contribution is -0.125. The average Bonchev–Trinajstić information content (AvgIpc) is 2.38. The first-order chi connectivity index (χ1) is 8.97. The lowest BCUT2D eigenvalue weighted by Gasteiger charge is -2.38. The molecule has 1 aliphatic carbocycles. The zero-order valence-corrected chi connectivity index (χ0v) is 11.3. The summed E-state index contributed by atoms with van der Waals surface area (Å²) >= 11 is 0. The number of hydrogen-bond acceptors (Lipinski definition) is 3. The van der Waals surface area contributed by atoms with Gasteiger partial charge >= 0.3 is 0 Å². The fourth-order valence-corrected chi connectivity index (χ4v) is 2.33. The van der Waals surface area contributed by atoms with E-state index in [1.807, 2.05) is 0 Å². The van der Waals surface area contributed by atoms with Gasteiger partial charge in [0, 0.05) is 6.42 Å². The highest BCUT2D eigenvalue weighted by atomic mass is 19.3. The predicted octanol–water partition coefficient (Wildman–Crippen LogP) is 1.72. The van der Waals surface area contributed by atoms with Crippen LogP contribution in [0.4, 0.5) is 8.78 Å². The Morgan fingerprint density at radius 1 is 1.47 bits per heavy atom. The summed E-state index contributed by atoms with van der Waals surface area (Å²) in [6.07, 6.45) is 1.00. The minimum atomic E-state index is -2.51. The minimum Gasteiger partial charge on any atom is -0.394 e. The Morgan fingerprint density at radius 3 is 2.63 bits per heavy atom. The average molecular weight is 279 g/mol. The zero-order valence-electron chi connectivity index (χ0n) is 11.3. The zero-order chi connectivity index (χ0) is 14.3. The molecule has 0 radical (unpaired) electrons. The van der Waals surface area contributed by atoms with Crippen LogP contribution in [0.25, 0.3) is 0 Å². The van der Waals surface area contributed by atoms with E-state index in [-0.39, 0.29) is 25.5 Å². The summed E-state index contributed by atoms with van der Waals surface area (Å²) in [6, 6.07) is 0. The van der Waals surface area contributed by atoms with Crippen LogP contribution in [0.15, 0.2) is 0 Å².